The highest BCUT2D eigenvalue weighted by molar-refractivity contribution is 5.85. The molecule has 0 bridgehead atoms. The summed E-state index contributed by atoms with van der Waals surface area (Å²) in [5, 5.41) is 0. The van der Waals surface area contributed by atoms with E-state index in [-0.39, 0.29) is 18.3 Å². The predicted molar refractivity (Wildman–Crippen MR) is 76.0 cm³/mol. The molecule has 2 rings (SSSR count). The third-order valence-corrected chi connectivity index (χ3v) is 3.17. The van der Waals surface area contributed by atoms with Gasteiger partial charge in [0.25, 0.3) is 0 Å². The number of hydrogen-bond acceptors (Lipinski definition) is 3. The highest BCUT2D eigenvalue weighted by atomic mass is 35.5. The lowest BCUT2D eigenvalue weighted by Crippen LogP contribution is -2.43. The van der Waals surface area contributed by atoms with Gasteiger partial charge in [-0.2, -0.15) is 0 Å². The van der Waals surface area contributed by atoms with Crippen molar-refractivity contribution in [3.8, 4) is 0 Å². The van der Waals surface area contributed by atoms with Crippen LogP contribution in [0.15, 0.2) is 24.3 Å². The Morgan fingerprint density at radius 1 is 1.33 bits per heavy atom. The Hall–Kier alpha value is -1.26. The Labute approximate surface area is 114 Å². The molecule has 0 saturated heterocycles. The molecule has 1 aliphatic heterocycles. The molecule has 1 heterocycles. The lowest BCUT2D eigenvalue weighted by Gasteiger charge is -2.22. The molecule has 1 unspecified atom stereocenters. The Morgan fingerprint density at radius 2 is 2.00 bits per heavy atom. The van der Waals surface area contributed by atoms with Crippen molar-refractivity contribution in [2.75, 3.05) is 25.0 Å². The zero-order valence-electron chi connectivity index (χ0n) is 10.8. The molecule has 1 amide bonds. The second-order valence-electron chi connectivity index (χ2n) is 4.60. The summed E-state index contributed by atoms with van der Waals surface area (Å²) in [4.78, 5) is 16.0. The number of rotatable bonds is 1. The molecule has 0 radical (unpaired) electrons. The van der Waals surface area contributed by atoms with Gasteiger partial charge in [-0.15, -0.1) is 12.4 Å². The molecule has 100 valence electrons. The molecule has 0 aliphatic carbocycles. The van der Waals surface area contributed by atoms with Crippen molar-refractivity contribution in [3.05, 3.63) is 29.8 Å². The Kier molecular flexibility index (Phi) is 4.99. The Bertz CT molecular complexity index is 422. The molecule has 0 spiro atoms. The first kappa shape index (κ1) is 14.8. The van der Waals surface area contributed by atoms with Gasteiger partial charge in [0.1, 0.15) is 0 Å². The number of benzene rings is 1. The lowest BCUT2D eigenvalue weighted by atomic mass is 10.1. The number of carbonyl (C=O) groups excluding carboxylic acids is 1. The number of nitrogens with zero attached hydrogens (tertiary/aromatic N) is 2. The normalized spacial score (nSPS) is 16.4. The van der Waals surface area contributed by atoms with E-state index in [1.165, 1.54) is 11.3 Å². The third-order valence-electron chi connectivity index (χ3n) is 3.17. The van der Waals surface area contributed by atoms with Crippen LogP contribution in [0.2, 0.25) is 0 Å². The highest BCUT2D eigenvalue weighted by Gasteiger charge is 2.22. The van der Waals surface area contributed by atoms with Gasteiger partial charge in [0.05, 0.1) is 6.04 Å². The highest BCUT2D eigenvalue weighted by Crippen LogP contribution is 2.23. The average Bonchev–Trinajstić information content (AvgIpc) is 2.48. The number of fused-ring (bicyclic) bond motifs is 1. The maximum atomic E-state index is 11.9. The maximum absolute atomic E-state index is 11.9. The van der Waals surface area contributed by atoms with Gasteiger partial charge in [0.15, 0.2) is 0 Å². The lowest BCUT2D eigenvalue weighted by molar-refractivity contribution is -0.132. The van der Waals surface area contributed by atoms with Gasteiger partial charge in [0, 0.05) is 32.4 Å². The average molecular weight is 270 g/mol. The number of anilines is 1. The predicted octanol–water partition coefficient (Wildman–Crippen LogP) is 1.23. The molecule has 0 fully saturated rings. The zero-order valence-corrected chi connectivity index (χ0v) is 11.6. The molecule has 4 nitrogen and oxygen atoms in total. The van der Waals surface area contributed by atoms with Gasteiger partial charge in [-0.3, -0.25) is 4.79 Å². The van der Waals surface area contributed by atoms with Crippen LogP contribution in [-0.2, 0) is 11.3 Å². The van der Waals surface area contributed by atoms with E-state index in [0.29, 0.717) is 6.54 Å². The van der Waals surface area contributed by atoms with Crippen molar-refractivity contribution in [1.29, 1.82) is 0 Å². The quantitative estimate of drug-likeness (QED) is 0.834. The van der Waals surface area contributed by atoms with Gasteiger partial charge in [0.2, 0.25) is 5.91 Å². The minimum Gasteiger partial charge on any atom is -0.373 e. The molecule has 1 atom stereocenters. The van der Waals surface area contributed by atoms with Gasteiger partial charge in [-0.05, 0) is 18.6 Å². The summed E-state index contributed by atoms with van der Waals surface area (Å²) >= 11 is 0. The number of amides is 1. The van der Waals surface area contributed by atoms with E-state index in [1.54, 1.807) is 6.92 Å². The molecule has 0 saturated carbocycles. The second kappa shape index (κ2) is 6.07. The fourth-order valence-electron chi connectivity index (χ4n) is 2.17. The number of para-hydroxylation sites is 1. The molecular formula is C13H20ClN3O. The fraction of sp³-hybridized carbons (Fsp3) is 0.462. The number of hydrogen-bond donors (Lipinski definition) is 1. The first-order valence-corrected chi connectivity index (χ1v) is 5.93. The van der Waals surface area contributed by atoms with E-state index in [2.05, 4.69) is 24.1 Å². The standard InChI is InChI=1S/C13H19N3O.ClH/c1-10(14)13(17)16-8-7-15(2)12-6-4-3-5-11(12)9-16;/h3-6,10H,7-9,14H2,1-2H3;1H. The number of likely N-dealkylation sites (N-methyl/N-ethyl adjacent to an activating group) is 1. The summed E-state index contributed by atoms with van der Waals surface area (Å²) in [6.45, 7) is 3.96. The smallest absolute Gasteiger partial charge is 0.239 e. The fourth-order valence-corrected chi connectivity index (χ4v) is 2.17. The van der Waals surface area contributed by atoms with Crippen LogP contribution in [0.25, 0.3) is 0 Å². The molecule has 5 heteroatoms. The summed E-state index contributed by atoms with van der Waals surface area (Å²) in [6.07, 6.45) is 0. The van der Waals surface area contributed by atoms with E-state index in [0.717, 1.165) is 13.1 Å². The van der Waals surface area contributed by atoms with Crippen molar-refractivity contribution in [3.63, 3.8) is 0 Å². The molecule has 1 aliphatic rings. The van der Waals surface area contributed by atoms with Gasteiger partial charge >= 0.3 is 0 Å². The van der Waals surface area contributed by atoms with Crippen LogP contribution in [0.3, 0.4) is 0 Å². The number of carbonyl (C=O) groups is 1. The van der Waals surface area contributed by atoms with Crippen LogP contribution in [0.5, 0.6) is 0 Å². The van der Waals surface area contributed by atoms with Crippen LogP contribution in [0.1, 0.15) is 12.5 Å². The first-order valence-electron chi connectivity index (χ1n) is 5.93. The summed E-state index contributed by atoms with van der Waals surface area (Å²) in [5.41, 5.74) is 8.05. The summed E-state index contributed by atoms with van der Waals surface area (Å²) in [5.74, 6) is 0.0232. The number of halogens is 1. The van der Waals surface area contributed by atoms with Crippen LogP contribution < -0.4 is 10.6 Å². The van der Waals surface area contributed by atoms with Crippen LogP contribution in [0, 0.1) is 0 Å². The van der Waals surface area contributed by atoms with Crippen molar-refractivity contribution in [2.45, 2.75) is 19.5 Å². The van der Waals surface area contributed by atoms with E-state index in [4.69, 9.17) is 5.73 Å². The minimum absolute atomic E-state index is 0. The van der Waals surface area contributed by atoms with Gasteiger partial charge < -0.3 is 15.5 Å². The summed E-state index contributed by atoms with van der Waals surface area (Å²) in [6, 6.07) is 7.77. The second-order valence-corrected chi connectivity index (χ2v) is 4.60. The first-order chi connectivity index (χ1) is 8.09. The topological polar surface area (TPSA) is 49.6 Å². The van der Waals surface area contributed by atoms with Crippen LogP contribution >= 0.6 is 12.4 Å². The van der Waals surface area contributed by atoms with Crippen molar-refractivity contribution < 1.29 is 4.79 Å². The molecule has 0 aromatic heterocycles. The van der Waals surface area contributed by atoms with E-state index < -0.39 is 6.04 Å². The number of nitrogens with two attached hydrogens (primary N) is 1. The van der Waals surface area contributed by atoms with E-state index in [9.17, 15) is 4.79 Å². The molecule has 1 aromatic rings. The Balaban J connectivity index is 0.00000162. The summed E-state index contributed by atoms with van der Waals surface area (Å²) in [7, 11) is 2.05. The zero-order chi connectivity index (χ0) is 12.4. The van der Waals surface area contributed by atoms with Gasteiger partial charge in [-0.1, -0.05) is 18.2 Å². The molecule has 18 heavy (non-hydrogen) atoms. The molecule has 2 N–H and O–H groups in total. The maximum Gasteiger partial charge on any atom is 0.239 e. The minimum atomic E-state index is -0.425. The Morgan fingerprint density at radius 3 is 2.67 bits per heavy atom. The van der Waals surface area contributed by atoms with Crippen LogP contribution in [0.4, 0.5) is 5.69 Å². The monoisotopic (exact) mass is 269 g/mol. The summed E-state index contributed by atoms with van der Waals surface area (Å²) < 4.78 is 0. The van der Waals surface area contributed by atoms with Crippen molar-refractivity contribution >= 4 is 24.0 Å². The third kappa shape index (κ3) is 2.94. The molecular weight excluding hydrogens is 250 g/mol. The van der Waals surface area contributed by atoms with Crippen molar-refractivity contribution in [2.24, 2.45) is 5.73 Å². The largest absolute Gasteiger partial charge is 0.373 e. The van der Waals surface area contributed by atoms with E-state index >= 15 is 0 Å². The molecule has 1 aromatic carbocycles. The van der Waals surface area contributed by atoms with Crippen LogP contribution in [-0.4, -0.2) is 37.0 Å². The SMILES string of the molecule is CC(N)C(=O)N1CCN(C)c2ccccc2C1.Cl. The van der Waals surface area contributed by atoms with Gasteiger partial charge in [-0.25, -0.2) is 0 Å². The van der Waals surface area contributed by atoms with Crippen molar-refractivity contribution in [1.82, 2.24) is 4.90 Å². The van der Waals surface area contributed by atoms with E-state index in [1.807, 2.05) is 17.0 Å².